The van der Waals surface area contributed by atoms with E-state index >= 15 is 0 Å². The maximum Gasteiger partial charge on any atom is 0.00250 e. The van der Waals surface area contributed by atoms with Gasteiger partial charge in [-0.2, -0.15) is 0 Å². The molecule has 0 aromatic heterocycles. The van der Waals surface area contributed by atoms with Crippen molar-refractivity contribution in [2.45, 2.75) is 40.0 Å². The summed E-state index contributed by atoms with van der Waals surface area (Å²) in [6.45, 7) is 14.0. The molecule has 1 aliphatic rings. The van der Waals surface area contributed by atoms with Crippen molar-refractivity contribution in [1.29, 1.82) is 0 Å². The van der Waals surface area contributed by atoms with E-state index in [-0.39, 0.29) is 0 Å². The van der Waals surface area contributed by atoms with Gasteiger partial charge in [-0.1, -0.05) is 65.0 Å². The van der Waals surface area contributed by atoms with Crippen LogP contribution >= 0.6 is 0 Å². The second kappa shape index (κ2) is 4.70. The van der Waals surface area contributed by atoms with E-state index in [0.717, 1.165) is 24.9 Å². The molecule has 2 atom stereocenters. The molecule has 1 nitrogen and oxygen atoms in total. The van der Waals surface area contributed by atoms with E-state index in [1.54, 1.807) is 0 Å². The van der Waals surface area contributed by atoms with Gasteiger partial charge < -0.3 is 5.32 Å². The molecule has 1 aromatic carbocycles. The van der Waals surface area contributed by atoms with Crippen LogP contribution in [0.3, 0.4) is 0 Å². The summed E-state index contributed by atoms with van der Waals surface area (Å²) in [6, 6.07) is 11.0. The lowest BCUT2D eigenvalue weighted by molar-refractivity contribution is 0.485. The highest BCUT2D eigenvalue weighted by Crippen LogP contribution is 2.68. The lowest BCUT2D eigenvalue weighted by atomic mass is 9.90. The molecule has 0 saturated heterocycles. The van der Waals surface area contributed by atoms with Crippen LogP contribution in [0.1, 0.15) is 40.2 Å². The Morgan fingerprint density at radius 3 is 2.28 bits per heavy atom. The van der Waals surface area contributed by atoms with Crippen molar-refractivity contribution in [3.63, 3.8) is 0 Å². The Labute approximate surface area is 112 Å². The summed E-state index contributed by atoms with van der Waals surface area (Å²) >= 11 is 0. The molecule has 100 valence electrons. The predicted molar refractivity (Wildman–Crippen MR) is 78.8 cm³/mol. The Morgan fingerprint density at radius 1 is 1.11 bits per heavy atom. The van der Waals surface area contributed by atoms with Crippen LogP contribution in [0.25, 0.3) is 0 Å². The Hall–Kier alpha value is -0.820. The van der Waals surface area contributed by atoms with Gasteiger partial charge in [0.05, 0.1) is 0 Å². The van der Waals surface area contributed by atoms with Crippen LogP contribution in [0.4, 0.5) is 0 Å². The fourth-order valence-corrected chi connectivity index (χ4v) is 3.43. The maximum absolute atomic E-state index is 3.63. The molecule has 0 heterocycles. The molecule has 1 saturated carbocycles. The summed E-state index contributed by atoms with van der Waals surface area (Å²) in [6.07, 6.45) is 0. The van der Waals surface area contributed by atoms with Gasteiger partial charge in [0.25, 0.3) is 0 Å². The van der Waals surface area contributed by atoms with Crippen LogP contribution in [0.5, 0.6) is 0 Å². The van der Waals surface area contributed by atoms with Gasteiger partial charge in [-0.05, 0) is 35.9 Å². The largest absolute Gasteiger partial charge is 0.316 e. The van der Waals surface area contributed by atoms with Gasteiger partial charge in [0.1, 0.15) is 0 Å². The van der Waals surface area contributed by atoms with Gasteiger partial charge >= 0.3 is 0 Å². The average Bonchev–Trinajstić information content (AvgIpc) is 2.76. The molecule has 1 aliphatic carbocycles. The lowest BCUT2D eigenvalue weighted by Gasteiger charge is -2.15. The Balaban J connectivity index is 2.05. The number of benzene rings is 1. The molecule has 1 fully saturated rings. The van der Waals surface area contributed by atoms with Crippen molar-refractivity contribution in [2.75, 3.05) is 13.1 Å². The highest BCUT2D eigenvalue weighted by atomic mass is 14.9. The summed E-state index contributed by atoms with van der Waals surface area (Å²) in [7, 11) is 0. The number of rotatable bonds is 5. The molecule has 1 heteroatoms. The van der Waals surface area contributed by atoms with E-state index in [1.165, 1.54) is 5.56 Å². The standard InChI is InChI=1S/C17H27N/c1-13(2)11-18-12-15-16(3,4)17(15,5)14-9-7-6-8-10-14/h6-10,13,15,18H,11-12H2,1-5H3. The monoisotopic (exact) mass is 245 g/mol. The van der Waals surface area contributed by atoms with E-state index in [0.29, 0.717) is 10.8 Å². The first-order valence-electron chi connectivity index (χ1n) is 7.17. The number of nitrogens with one attached hydrogen (secondary N) is 1. The minimum atomic E-state index is 0.332. The quantitative estimate of drug-likeness (QED) is 0.831. The second-order valence-electron chi connectivity index (χ2n) is 6.89. The van der Waals surface area contributed by atoms with Crippen molar-refractivity contribution in [3.05, 3.63) is 35.9 Å². The first kappa shape index (κ1) is 13.6. The summed E-state index contributed by atoms with van der Waals surface area (Å²) in [5.74, 6) is 1.47. The van der Waals surface area contributed by atoms with Crippen molar-refractivity contribution >= 4 is 0 Å². The molecule has 0 spiro atoms. The van der Waals surface area contributed by atoms with Gasteiger partial charge in [-0.15, -0.1) is 0 Å². The molecular formula is C17H27N. The fourth-order valence-electron chi connectivity index (χ4n) is 3.43. The van der Waals surface area contributed by atoms with E-state index in [4.69, 9.17) is 0 Å². The van der Waals surface area contributed by atoms with E-state index in [1.807, 2.05) is 0 Å². The fraction of sp³-hybridized carbons (Fsp3) is 0.647. The molecule has 0 radical (unpaired) electrons. The normalized spacial score (nSPS) is 29.6. The molecular weight excluding hydrogens is 218 g/mol. The van der Waals surface area contributed by atoms with Crippen molar-refractivity contribution in [1.82, 2.24) is 5.32 Å². The second-order valence-corrected chi connectivity index (χ2v) is 6.89. The van der Waals surface area contributed by atoms with Gasteiger partial charge in [-0.25, -0.2) is 0 Å². The molecule has 0 bridgehead atoms. The molecule has 2 rings (SSSR count). The smallest absolute Gasteiger partial charge is 0.00250 e. The Morgan fingerprint density at radius 2 is 1.72 bits per heavy atom. The highest BCUT2D eigenvalue weighted by Gasteiger charge is 2.67. The highest BCUT2D eigenvalue weighted by molar-refractivity contribution is 5.39. The third-order valence-electron chi connectivity index (χ3n) is 5.10. The van der Waals surface area contributed by atoms with Crippen LogP contribution in [0, 0.1) is 17.3 Å². The third kappa shape index (κ3) is 2.09. The summed E-state index contributed by atoms with van der Waals surface area (Å²) in [5, 5.41) is 3.63. The maximum atomic E-state index is 3.63. The van der Waals surface area contributed by atoms with Crippen LogP contribution in [0.15, 0.2) is 30.3 Å². The van der Waals surface area contributed by atoms with E-state index in [9.17, 15) is 0 Å². The first-order valence-corrected chi connectivity index (χ1v) is 7.17. The van der Waals surface area contributed by atoms with Gasteiger partial charge in [0.2, 0.25) is 0 Å². The zero-order valence-corrected chi connectivity index (χ0v) is 12.5. The number of hydrogen-bond donors (Lipinski definition) is 1. The summed E-state index contributed by atoms with van der Waals surface area (Å²) in [5.41, 5.74) is 2.22. The van der Waals surface area contributed by atoms with Crippen molar-refractivity contribution in [3.8, 4) is 0 Å². The molecule has 0 aliphatic heterocycles. The van der Waals surface area contributed by atoms with Gasteiger partial charge in [-0.3, -0.25) is 0 Å². The lowest BCUT2D eigenvalue weighted by Crippen LogP contribution is -2.24. The van der Waals surface area contributed by atoms with Crippen molar-refractivity contribution < 1.29 is 0 Å². The zero-order chi connectivity index (χ0) is 13.4. The predicted octanol–water partition coefficient (Wildman–Crippen LogP) is 3.85. The molecule has 2 unspecified atom stereocenters. The van der Waals surface area contributed by atoms with Crippen LogP contribution < -0.4 is 5.32 Å². The summed E-state index contributed by atoms with van der Waals surface area (Å²) < 4.78 is 0. The van der Waals surface area contributed by atoms with E-state index in [2.05, 4.69) is 70.3 Å². The minimum absolute atomic E-state index is 0.332. The molecule has 0 amide bonds. The van der Waals surface area contributed by atoms with E-state index < -0.39 is 0 Å². The van der Waals surface area contributed by atoms with Crippen LogP contribution in [0.2, 0.25) is 0 Å². The Kier molecular flexibility index (Phi) is 3.55. The molecule has 1 aromatic rings. The van der Waals surface area contributed by atoms with Gasteiger partial charge in [0.15, 0.2) is 0 Å². The van der Waals surface area contributed by atoms with Gasteiger partial charge in [0, 0.05) is 5.41 Å². The third-order valence-corrected chi connectivity index (χ3v) is 5.10. The number of hydrogen-bond acceptors (Lipinski definition) is 1. The summed E-state index contributed by atoms with van der Waals surface area (Å²) in [4.78, 5) is 0. The minimum Gasteiger partial charge on any atom is -0.316 e. The zero-order valence-electron chi connectivity index (χ0n) is 12.5. The SMILES string of the molecule is CC(C)CNCC1C(C)(C)C1(C)c1ccccc1. The molecule has 18 heavy (non-hydrogen) atoms. The molecule has 1 N–H and O–H groups in total. The van der Waals surface area contributed by atoms with Crippen molar-refractivity contribution in [2.24, 2.45) is 17.3 Å². The van der Waals surface area contributed by atoms with Crippen LogP contribution in [-0.2, 0) is 5.41 Å². The average molecular weight is 245 g/mol. The van der Waals surface area contributed by atoms with Crippen LogP contribution in [-0.4, -0.2) is 13.1 Å². The topological polar surface area (TPSA) is 12.0 Å². The first-order chi connectivity index (χ1) is 8.40. The Bertz CT molecular complexity index is 393.